The lowest BCUT2D eigenvalue weighted by molar-refractivity contribution is -0.0794. The van der Waals surface area contributed by atoms with E-state index in [4.69, 9.17) is 15.2 Å². The van der Waals surface area contributed by atoms with E-state index in [2.05, 4.69) is 0 Å². The van der Waals surface area contributed by atoms with Crippen LogP contribution in [0.4, 0.5) is 14.5 Å². The average molecular weight is 201 g/mol. The van der Waals surface area contributed by atoms with Crippen molar-refractivity contribution >= 4 is 5.69 Å². The second-order valence-electron chi connectivity index (χ2n) is 3.08. The zero-order valence-corrected chi connectivity index (χ0v) is 7.30. The summed E-state index contributed by atoms with van der Waals surface area (Å²) in [6.45, 7) is 0.914. The Bertz CT molecular complexity index is 353. The summed E-state index contributed by atoms with van der Waals surface area (Å²) in [5.74, 6) is -1.77. The monoisotopic (exact) mass is 201 g/mol. The standard InChI is InChI=1S/C9H9F2NO2/c10-6-1-8(12)9(2-7(6)11)14-5-3-13-4-5/h1-2,5H,3-4,12H2. The van der Waals surface area contributed by atoms with Gasteiger partial charge in [-0.2, -0.15) is 0 Å². The number of hydrogen-bond acceptors (Lipinski definition) is 3. The number of benzene rings is 1. The number of rotatable bonds is 2. The van der Waals surface area contributed by atoms with Crippen molar-refractivity contribution in [1.29, 1.82) is 0 Å². The first-order valence-corrected chi connectivity index (χ1v) is 4.16. The highest BCUT2D eigenvalue weighted by molar-refractivity contribution is 5.52. The van der Waals surface area contributed by atoms with E-state index in [9.17, 15) is 8.78 Å². The lowest BCUT2D eigenvalue weighted by atomic mass is 10.2. The van der Waals surface area contributed by atoms with Crippen molar-refractivity contribution < 1.29 is 18.3 Å². The van der Waals surface area contributed by atoms with Crippen LogP contribution in [0.15, 0.2) is 12.1 Å². The van der Waals surface area contributed by atoms with Gasteiger partial charge >= 0.3 is 0 Å². The van der Waals surface area contributed by atoms with Crippen LogP contribution in [0.3, 0.4) is 0 Å². The van der Waals surface area contributed by atoms with Gasteiger partial charge in [-0.25, -0.2) is 8.78 Å². The molecule has 1 aliphatic heterocycles. The molecule has 5 heteroatoms. The molecule has 1 aliphatic rings. The van der Waals surface area contributed by atoms with E-state index in [0.717, 1.165) is 12.1 Å². The van der Waals surface area contributed by atoms with E-state index < -0.39 is 11.6 Å². The molecule has 0 spiro atoms. The van der Waals surface area contributed by atoms with Crippen molar-refractivity contribution in [1.82, 2.24) is 0 Å². The van der Waals surface area contributed by atoms with Crippen LogP contribution in [0, 0.1) is 11.6 Å². The fourth-order valence-electron chi connectivity index (χ4n) is 1.11. The number of ether oxygens (including phenoxy) is 2. The molecule has 1 aromatic rings. The van der Waals surface area contributed by atoms with Crippen LogP contribution in [0.1, 0.15) is 0 Å². The lowest BCUT2D eigenvalue weighted by Crippen LogP contribution is -2.38. The number of hydrogen-bond donors (Lipinski definition) is 1. The van der Waals surface area contributed by atoms with Crippen molar-refractivity contribution in [3.8, 4) is 5.75 Å². The summed E-state index contributed by atoms with van der Waals surface area (Å²) in [4.78, 5) is 0. The molecule has 2 rings (SSSR count). The van der Waals surface area contributed by atoms with Gasteiger partial charge in [0, 0.05) is 12.1 Å². The van der Waals surface area contributed by atoms with Crippen LogP contribution in [-0.4, -0.2) is 19.3 Å². The third kappa shape index (κ3) is 1.63. The Morgan fingerprint density at radius 2 is 1.93 bits per heavy atom. The van der Waals surface area contributed by atoms with Gasteiger partial charge in [-0.1, -0.05) is 0 Å². The predicted octanol–water partition coefficient (Wildman–Crippen LogP) is 1.32. The highest BCUT2D eigenvalue weighted by Gasteiger charge is 2.21. The summed E-state index contributed by atoms with van der Waals surface area (Å²) in [5.41, 5.74) is 5.54. The molecule has 2 N–H and O–H groups in total. The highest BCUT2D eigenvalue weighted by atomic mass is 19.2. The first-order valence-electron chi connectivity index (χ1n) is 4.16. The topological polar surface area (TPSA) is 44.5 Å². The van der Waals surface area contributed by atoms with Gasteiger partial charge in [0.15, 0.2) is 11.6 Å². The molecule has 0 aliphatic carbocycles. The maximum absolute atomic E-state index is 12.8. The minimum absolute atomic E-state index is 0.0933. The molecule has 0 radical (unpaired) electrons. The van der Waals surface area contributed by atoms with Gasteiger partial charge in [0.25, 0.3) is 0 Å². The van der Waals surface area contributed by atoms with Gasteiger partial charge in [0.05, 0.1) is 18.9 Å². The molecule has 14 heavy (non-hydrogen) atoms. The van der Waals surface area contributed by atoms with Crippen molar-refractivity contribution in [3.63, 3.8) is 0 Å². The van der Waals surface area contributed by atoms with Crippen LogP contribution in [0.2, 0.25) is 0 Å². The molecular weight excluding hydrogens is 192 g/mol. The minimum Gasteiger partial charge on any atom is -0.483 e. The molecule has 1 aromatic carbocycles. The maximum atomic E-state index is 12.8. The average Bonchev–Trinajstić information content (AvgIpc) is 2.06. The molecule has 0 unspecified atom stereocenters. The molecule has 0 amide bonds. The number of nitrogens with two attached hydrogens (primary N) is 1. The molecule has 0 saturated carbocycles. The zero-order valence-electron chi connectivity index (χ0n) is 7.30. The van der Waals surface area contributed by atoms with E-state index >= 15 is 0 Å². The van der Waals surface area contributed by atoms with Gasteiger partial charge < -0.3 is 15.2 Å². The van der Waals surface area contributed by atoms with Crippen molar-refractivity contribution in [2.45, 2.75) is 6.10 Å². The van der Waals surface area contributed by atoms with Crippen molar-refractivity contribution in [2.24, 2.45) is 0 Å². The fourth-order valence-corrected chi connectivity index (χ4v) is 1.11. The summed E-state index contributed by atoms with van der Waals surface area (Å²) < 4.78 is 35.6. The third-order valence-electron chi connectivity index (χ3n) is 1.95. The van der Waals surface area contributed by atoms with Gasteiger partial charge in [-0.05, 0) is 0 Å². The molecule has 0 aromatic heterocycles. The summed E-state index contributed by atoms with van der Waals surface area (Å²) in [6, 6.07) is 1.85. The van der Waals surface area contributed by atoms with Gasteiger partial charge in [0.1, 0.15) is 11.9 Å². The normalized spacial score (nSPS) is 16.4. The Labute approximate surface area is 79.4 Å². The smallest absolute Gasteiger partial charge is 0.162 e. The molecular formula is C9H9F2NO2. The molecule has 76 valence electrons. The summed E-state index contributed by atoms with van der Waals surface area (Å²) in [6.07, 6.45) is -0.109. The second-order valence-corrected chi connectivity index (χ2v) is 3.08. The van der Waals surface area contributed by atoms with Gasteiger partial charge in [-0.15, -0.1) is 0 Å². The SMILES string of the molecule is Nc1cc(F)c(F)cc1OC1COC1. The zero-order chi connectivity index (χ0) is 10.1. The Morgan fingerprint density at radius 1 is 1.29 bits per heavy atom. The van der Waals surface area contributed by atoms with Crippen LogP contribution < -0.4 is 10.5 Å². The third-order valence-corrected chi connectivity index (χ3v) is 1.95. The van der Waals surface area contributed by atoms with Gasteiger partial charge in [0.2, 0.25) is 0 Å². The maximum Gasteiger partial charge on any atom is 0.162 e. The Morgan fingerprint density at radius 3 is 2.50 bits per heavy atom. The number of nitrogen functional groups attached to an aromatic ring is 1. The van der Waals surface area contributed by atoms with E-state index in [1.807, 2.05) is 0 Å². The Kier molecular flexibility index (Phi) is 2.25. The molecule has 0 bridgehead atoms. The largest absolute Gasteiger partial charge is 0.483 e. The van der Waals surface area contributed by atoms with Crippen LogP contribution >= 0.6 is 0 Å². The van der Waals surface area contributed by atoms with Crippen LogP contribution in [0.5, 0.6) is 5.75 Å². The van der Waals surface area contributed by atoms with E-state index in [-0.39, 0.29) is 17.5 Å². The van der Waals surface area contributed by atoms with Crippen LogP contribution in [-0.2, 0) is 4.74 Å². The Hall–Kier alpha value is -1.36. The van der Waals surface area contributed by atoms with Crippen molar-refractivity contribution in [3.05, 3.63) is 23.8 Å². The number of anilines is 1. The first-order chi connectivity index (χ1) is 6.66. The molecule has 1 fully saturated rings. The molecule has 1 heterocycles. The van der Waals surface area contributed by atoms with E-state index in [1.165, 1.54) is 0 Å². The van der Waals surface area contributed by atoms with E-state index in [0.29, 0.717) is 13.2 Å². The summed E-state index contributed by atoms with van der Waals surface area (Å²) in [5, 5.41) is 0. The highest BCUT2D eigenvalue weighted by Crippen LogP contribution is 2.26. The first kappa shape index (κ1) is 9.21. The molecule has 0 atom stereocenters. The summed E-state index contributed by atoms with van der Waals surface area (Å²) in [7, 11) is 0. The van der Waals surface area contributed by atoms with Crippen molar-refractivity contribution in [2.75, 3.05) is 18.9 Å². The summed E-state index contributed by atoms with van der Waals surface area (Å²) >= 11 is 0. The number of halogens is 2. The second kappa shape index (κ2) is 3.42. The Balaban J connectivity index is 2.19. The molecule has 3 nitrogen and oxygen atoms in total. The quantitative estimate of drug-likeness (QED) is 0.734. The van der Waals surface area contributed by atoms with Crippen LogP contribution in [0.25, 0.3) is 0 Å². The predicted molar refractivity (Wildman–Crippen MR) is 46.0 cm³/mol. The minimum atomic E-state index is -0.972. The molecule has 1 saturated heterocycles. The lowest BCUT2D eigenvalue weighted by Gasteiger charge is -2.27. The fraction of sp³-hybridized carbons (Fsp3) is 0.333. The van der Waals surface area contributed by atoms with Gasteiger partial charge in [-0.3, -0.25) is 0 Å². The van der Waals surface area contributed by atoms with E-state index in [1.54, 1.807) is 0 Å².